The number of aromatic nitrogens is 1. The van der Waals surface area contributed by atoms with Crippen LogP contribution in [0.5, 0.6) is 0 Å². The van der Waals surface area contributed by atoms with Crippen molar-refractivity contribution in [1.82, 2.24) is 4.98 Å². The number of carboxylic acid groups (broad SMARTS) is 1. The highest BCUT2D eigenvalue weighted by Crippen LogP contribution is 2.40. The van der Waals surface area contributed by atoms with E-state index in [-0.39, 0.29) is 17.0 Å². The largest absolute Gasteiger partial charge is 0.478 e. The summed E-state index contributed by atoms with van der Waals surface area (Å²) in [5.41, 5.74) is -2.89. The van der Waals surface area contributed by atoms with E-state index in [0.29, 0.717) is 0 Å². The molecule has 1 heterocycles. The second-order valence-electron chi connectivity index (χ2n) is 5.62. The normalized spacial score (nSPS) is 11.3. The predicted molar refractivity (Wildman–Crippen MR) is 88.5 cm³/mol. The molecule has 27 heavy (non-hydrogen) atoms. The lowest BCUT2D eigenvalue weighted by molar-refractivity contribution is -0.137. The Hall–Kier alpha value is -2.94. The molecular weight excluding hydrogens is 367 g/mol. The van der Waals surface area contributed by atoms with Gasteiger partial charge in [-0.2, -0.15) is 13.2 Å². The number of carbonyl (C=O) groups excluding carboxylic acids is 1. The number of halogens is 3. The van der Waals surface area contributed by atoms with E-state index in [2.05, 4.69) is 4.98 Å². The molecule has 0 radical (unpaired) electrons. The molecule has 0 spiro atoms. The van der Waals surface area contributed by atoms with Gasteiger partial charge in [-0.25, -0.2) is 9.59 Å². The van der Waals surface area contributed by atoms with Crippen LogP contribution in [0, 0.1) is 13.8 Å². The molecule has 144 valence electrons. The molecule has 2 rings (SSSR count). The Morgan fingerprint density at radius 1 is 1.11 bits per heavy atom. The third kappa shape index (κ3) is 4.08. The number of aromatic carboxylic acids is 1. The molecule has 0 unspecified atom stereocenters. The first kappa shape index (κ1) is 20.4. The van der Waals surface area contributed by atoms with Crippen LogP contribution in [0.4, 0.5) is 13.2 Å². The number of pyridine rings is 1. The first-order valence-electron chi connectivity index (χ1n) is 7.78. The molecule has 0 aliphatic rings. The number of benzene rings is 1. The van der Waals surface area contributed by atoms with Gasteiger partial charge in [0.1, 0.15) is 6.61 Å². The fourth-order valence-electron chi connectivity index (χ4n) is 2.79. The molecule has 1 aromatic carbocycles. The Bertz CT molecular complexity index is 893. The maximum absolute atomic E-state index is 13.5. The number of carbonyl (C=O) groups is 2. The zero-order chi connectivity index (χ0) is 20.4. The molecule has 6 nitrogen and oxygen atoms in total. The quantitative estimate of drug-likeness (QED) is 0.770. The molecule has 0 atom stereocenters. The van der Waals surface area contributed by atoms with E-state index in [9.17, 15) is 27.9 Å². The topological polar surface area (TPSA) is 96.7 Å². The van der Waals surface area contributed by atoms with Crippen molar-refractivity contribution in [3.05, 3.63) is 52.3 Å². The third-order valence-electron chi connectivity index (χ3n) is 3.80. The van der Waals surface area contributed by atoms with Gasteiger partial charge in [0.2, 0.25) is 0 Å². The van der Waals surface area contributed by atoms with Crippen LogP contribution < -0.4 is 0 Å². The molecular formula is C18H16F3NO5. The van der Waals surface area contributed by atoms with Crippen LogP contribution in [0.2, 0.25) is 0 Å². The van der Waals surface area contributed by atoms with Gasteiger partial charge in [0.05, 0.1) is 34.7 Å². The van der Waals surface area contributed by atoms with Crippen molar-refractivity contribution in [3.8, 4) is 11.1 Å². The lowest BCUT2D eigenvalue weighted by atomic mass is 9.89. The van der Waals surface area contributed by atoms with Crippen molar-refractivity contribution in [2.45, 2.75) is 20.0 Å². The molecule has 2 aromatic rings. The van der Waals surface area contributed by atoms with E-state index < -0.39 is 53.6 Å². The number of aliphatic hydroxyl groups is 1. The van der Waals surface area contributed by atoms with Crippen LogP contribution in [0.25, 0.3) is 11.1 Å². The number of aliphatic hydroxyl groups excluding tert-OH is 1. The van der Waals surface area contributed by atoms with Crippen molar-refractivity contribution in [1.29, 1.82) is 0 Å². The van der Waals surface area contributed by atoms with Crippen molar-refractivity contribution in [3.63, 3.8) is 0 Å². The summed E-state index contributed by atoms with van der Waals surface area (Å²) in [5.74, 6) is -2.59. The summed E-state index contributed by atoms with van der Waals surface area (Å²) in [5, 5.41) is 18.4. The highest BCUT2D eigenvalue weighted by atomic mass is 19.4. The van der Waals surface area contributed by atoms with E-state index in [4.69, 9.17) is 9.84 Å². The summed E-state index contributed by atoms with van der Waals surface area (Å²) in [4.78, 5) is 28.2. The van der Waals surface area contributed by atoms with Crippen LogP contribution in [0.15, 0.2) is 24.3 Å². The number of esters is 1. The second-order valence-corrected chi connectivity index (χ2v) is 5.62. The zero-order valence-electron chi connectivity index (χ0n) is 14.4. The smallest absolute Gasteiger partial charge is 0.417 e. The summed E-state index contributed by atoms with van der Waals surface area (Å²) in [7, 11) is 0. The minimum absolute atomic E-state index is 0.0208. The fraction of sp³-hybridized carbons (Fsp3) is 0.278. The highest BCUT2D eigenvalue weighted by Gasteiger charge is 2.36. The Balaban J connectivity index is 2.93. The van der Waals surface area contributed by atoms with Crippen LogP contribution in [-0.4, -0.2) is 40.3 Å². The Kier molecular flexibility index (Phi) is 5.85. The summed E-state index contributed by atoms with van der Waals surface area (Å²) < 4.78 is 45.3. The molecule has 0 saturated heterocycles. The number of alkyl halides is 3. The van der Waals surface area contributed by atoms with Crippen molar-refractivity contribution >= 4 is 11.9 Å². The number of ether oxygens (including phenoxy) is 1. The number of rotatable bonds is 5. The van der Waals surface area contributed by atoms with Gasteiger partial charge in [-0.15, -0.1) is 0 Å². The van der Waals surface area contributed by atoms with E-state index in [1.165, 1.54) is 19.9 Å². The van der Waals surface area contributed by atoms with Crippen molar-refractivity contribution < 1.29 is 37.7 Å². The maximum Gasteiger partial charge on any atom is 0.417 e. The van der Waals surface area contributed by atoms with Gasteiger partial charge < -0.3 is 14.9 Å². The van der Waals surface area contributed by atoms with Crippen LogP contribution in [0.1, 0.15) is 37.7 Å². The molecule has 1 aromatic heterocycles. The van der Waals surface area contributed by atoms with E-state index in [1.807, 2.05) is 0 Å². The van der Waals surface area contributed by atoms with Crippen LogP contribution in [0.3, 0.4) is 0 Å². The van der Waals surface area contributed by atoms with Gasteiger partial charge in [0.15, 0.2) is 0 Å². The first-order valence-corrected chi connectivity index (χ1v) is 7.78. The molecule has 0 fully saturated rings. The van der Waals surface area contributed by atoms with Crippen molar-refractivity contribution in [2.75, 3.05) is 13.2 Å². The number of carboxylic acids is 1. The molecule has 0 amide bonds. The molecule has 2 N–H and O–H groups in total. The van der Waals surface area contributed by atoms with Gasteiger partial charge in [0, 0.05) is 5.56 Å². The molecule has 0 saturated carbocycles. The summed E-state index contributed by atoms with van der Waals surface area (Å²) >= 11 is 0. The Morgan fingerprint density at radius 2 is 1.70 bits per heavy atom. The molecule has 0 aliphatic heterocycles. The Morgan fingerprint density at radius 3 is 2.26 bits per heavy atom. The Labute approximate surface area is 152 Å². The van der Waals surface area contributed by atoms with E-state index in [1.54, 1.807) is 0 Å². The van der Waals surface area contributed by atoms with Crippen LogP contribution >= 0.6 is 0 Å². The predicted octanol–water partition coefficient (Wildman–Crippen LogP) is 3.23. The average molecular weight is 383 g/mol. The number of nitrogens with zero attached hydrogens (tertiary/aromatic N) is 1. The molecule has 0 aliphatic carbocycles. The lowest BCUT2D eigenvalue weighted by Gasteiger charge is -2.19. The van der Waals surface area contributed by atoms with Gasteiger partial charge >= 0.3 is 18.1 Å². The molecule has 9 heteroatoms. The minimum Gasteiger partial charge on any atom is -0.478 e. The maximum atomic E-state index is 13.5. The average Bonchev–Trinajstić information content (AvgIpc) is 2.57. The highest BCUT2D eigenvalue weighted by molar-refractivity contribution is 6.07. The van der Waals surface area contributed by atoms with Gasteiger partial charge in [-0.05, 0) is 25.5 Å². The summed E-state index contributed by atoms with van der Waals surface area (Å²) in [6, 6.07) is 4.36. The third-order valence-corrected chi connectivity index (χ3v) is 3.80. The van der Waals surface area contributed by atoms with Crippen LogP contribution in [-0.2, 0) is 10.9 Å². The number of aryl methyl sites for hydroxylation is 2. The summed E-state index contributed by atoms with van der Waals surface area (Å²) in [6.45, 7) is 1.81. The second kappa shape index (κ2) is 7.75. The zero-order valence-corrected chi connectivity index (χ0v) is 14.4. The SMILES string of the molecule is Cc1nc(C)c(C(=O)OCCO)c(-c2ccccc2C(F)(F)F)c1C(=O)O. The lowest BCUT2D eigenvalue weighted by Crippen LogP contribution is -2.18. The van der Waals surface area contributed by atoms with Gasteiger partial charge in [0.25, 0.3) is 0 Å². The van der Waals surface area contributed by atoms with E-state index in [0.717, 1.165) is 18.2 Å². The van der Waals surface area contributed by atoms with E-state index >= 15 is 0 Å². The first-order chi connectivity index (χ1) is 12.6. The number of hydrogen-bond acceptors (Lipinski definition) is 5. The minimum atomic E-state index is -4.77. The standard InChI is InChI=1S/C18H16F3NO5/c1-9-13(16(24)25)15(11-5-3-4-6-12(11)18(19,20)21)14(10(2)22-9)17(26)27-8-7-23/h3-6,23H,7-8H2,1-2H3,(H,24,25). The summed E-state index contributed by atoms with van der Waals surface area (Å²) in [6.07, 6.45) is -4.77. The van der Waals surface area contributed by atoms with Crippen molar-refractivity contribution in [2.24, 2.45) is 0 Å². The monoisotopic (exact) mass is 383 g/mol. The fourth-order valence-corrected chi connectivity index (χ4v) is 2.79. The number of hydrogen-bond donors (Lipinski definition) is 2. The van der Waals surface area contributed by atoms with Gasteiger partial charge in [-0.3, -0.25) is 4.98 Å². The van der Waals surface area contributed by atoms with Gasteiger partial charge in [-0.1, -0.05) is 18.2 Å². The molecule has 0 bridgehead atoms.